The smallest absolute Gasteiger partial charge is 0.123 e. The number of hydrogen-bond acceptors (Lipinski definition) is 14. The van der Waals surface area contributed by atoms with Crippen molar-refractivity contribution < 1.29 is 56.8 Å². The van der Waals surface area contributed by atoms with E-state index in [-0.39, 0.29) is 0 Å². The molecule has 0 radical (unpaired) electrons. The lowest BCUT2D eigenvalue weighted by Crippen LogP contribution is -2.11. The minimum Gasteiger partial charge on any atom is -0.496 e. The Hall–Kier alpha value is -5.28. The molecule has 360 valence electrons. The van der Waals surface area contributed by atoms with Crippen LogP contribution in [0.5, 0.6) is 57.5 Å². The van der Waals surface area contributed by atoms with Gasteiger partial charge in [0.25, 0.3) is 0 Å². The van der Waals surface area contributed by atoms with Crippen molar-refractivity contribution in [1.29, 1.82) is 0 Å². The number of hydrogen-bond donors (Lipinski definition) is 0. The summed E-state index contributed by atoms with van der Waals surface area (Å²) in [7, 11) is 13.5. The van der Waals surface area contributed by atoms with E-state index in [1.165, 1.54) is 0 Å². The molecule has 0 aromatic heterocycles. The number of ether oxygens (including phenoxy) is 12. The molecule has 0 saturated carbocycles. The first-order valence-electron chi connectivity index (χ1n) is 22.5. The molecule has 14 heteroatoms. The zero-order valence-electron chi connectivity index (χ0n) is 40.1. The standard InChI is InChI=1S/C53H64O12S2/c1-54-44-26-36-20-38-28-50(60-7)40(30-48(38)58-5)22-42-32-53-43(33-52(42)64-13-17-66-15-11-62-9-10-63-12-16-67-18-14-65-53)23-41-31-49(59-6)39(29-51(41)61-8)21-37-27-45(55-2)35(25-47(37)57-4)19-34(44)24-46(36)56-3/h24-33H,9-23H2,1-8H3. The highest BCUT2D eigenvalue weighted by molar-refractivity contribution is 7.99. The van der Waals surface area contributed by atoms with Crippen LogP contribution in [0.1, 0.15) is 55.6 Å². The highest BCUT2D eigenvalue weighted by Gasteiger charge is 2.23. The average Bonchev–Trinajstić information content (AvgIpc) is 3.34. The first-order chi connectivity index (χ1) is 32.8. The maximum atomic E-state index is 6.73. The number of fused-ring (bicyclic) bond motifs is 15. The zero-order chi connectivity index (χ0) is 47.1. The van der Waals surface area contributed by atoms with Crippen molar-refractivity contribution in [2.45, 2.75) is 32.1 Å². The molecule has 0 unspecified atom stereocenters. The molecule has 0 atom stereocenters. The van der Waals surface area contributed by atoms with Gasteiger partial charge < -0.3 is 56.8 Å². The van der Waals surface area contributed by atoms with E-state index in [1.807, 2.05) is 24.3 Å². The third-order valence-corrected chi connectivity index (χ3v) is 13.8. The molecule has 2 heterocycles. The monoisotopic (exact) mass is 956 g/mol. The predicted octanol–water partition coefficient (Wildman–Crippen LogP) is 9.29. The largest absolute Gasteiger partial charge is 0.496 e. The van der Waals surface area contributed by atoms with E-state index in [0.717, 1.165) is 113 Å². The van der Waals surface area contributed by atoms with Gasteiger partial charge in [0, 0.05) is 111 Å². The topological polar surface area (TPSA) is 111 Å². The summed E-state index contributed by atoms with van der Waals surface area (Å²) in [5.74, 6) is 10.6. The van der Waals surface area contributed by atoms with E-state index in [9.17, 15) is 0 Å². The summed E-state index contributed by atoms with van der Waals surface area (Å²) in [5, 5.41) is 0. The van der Waals surface area contributed by atoms with Gasteiger partial charge in [0.15, 0.2) is 0 Å². The molecule has 12 bridgehead atoms. The number of methoxy groups -OCH3 is 8. The second-order valence-corrected chi connectivity index (χ2v) is 18.5. The zero-order valence-corrected chi connectivity index (χ0v) is 41.7. The molecule has 0 saturated heterocycles. The van der Waals surface area contributed by atoms with Crippen LogP contribution in [0.25, 0.3) is 0 Å². The SMILES string of the molecule is COc1cc2c(OC)cc1Cc1cc(OC)c(cc1OC)Cc1cc(OC)c(cc1OC)Cc1cc3c(cc1OCCSCCOCCOCCSCCO3)Cc1cc(OC)c(cc1OC)C2. The van der Waals surface area contributed by atoms with Crippen molar-refractivity contribution in [2.75, 3.05) is 120 Å². The van der Waals surface area contributed by atoms with Crippen LogP contribution in [0.15, 0.2) is 60.7 Å². The van der Waals surface area contributed by atoms with Gasteiger partial charge in [0.2, 0.25) is 0 Å². The number of benzene rings is 5. The van der Waals surface area contributed by atoms with Gasteiger partial charge in [0.05, 0.1) is 96.5 Å². The Morgan fingerprint density at radius 2 is 0.507 bits per heavy atom. The fourth-order valence-corrected chi connectivity index (χ4v) is 9.88. The van der Waals surface area contributed by atoms with Crippen molar-refractivity contribution in [1.82, 2.24) is 0 Å². The third kappa shape index (κ3) is 12.4. The van der Waals surface area contributed by atoms with E-state index in [0.29, 0.717) is 94.7 Å². The summed E-state index contributed by atoms with van der Waals surface area (Å²) in [6.07, 6.45) is 2.46. The molecule has 5 aromatic carbocycles. The fourth-order valence-electron chi connectivity index (χ4n) is 8.60. The molecule has 5 aromatic rings. The van der Waals surface area contributed by atoms with Gasteiger partial charge in [-0.05, 0) is 60.7 Å². The van der Waals surface area contributed by atoms with Gasteiger partial charge in [-0.15, -0.1) is 0 Å². The normalized spacial score (nSPS) is 15.2. The minimum atomic E-state index is 0.489. The minimum absolute atomic E-state index is 0.489. The van der Waals surface area contributed by atoms with Crippen molar-refractivity contribution in [3.63, 3.8) is 0 Å². The Morgan fingerprint density at radius 1 is 0.284 bits per heavy atom. The van der Waals surface area contributed by atoms with Gasteiger partial charge in [0.1, 0.15) is 57.5 Å². The number of thioether (sulfide) groups is 2. The molecule has 9 aliphatic carbocycles. The lowest BCUT2D eigenvalue weighted by Gasteiger charge is -2.21. The van der Waals surface area contributed by atoms with Crippen LogP contribution in [-0.2, 0) is 41.6 Å². The average molecular weight is 957 g/mol. The third-order valence-electron chi connectivity index (χ3n) is 12.0. The quantitative estimate of drug-likeness (QED) is 0.145. The van der Waals surface area contributed by atoms with Gasteiger partial charge >= 0.3 is 0 Å². The molecule has 0 fully saturated rings. The van der Waals surface area contributed by atoms with Crippen molar-refractivity contribution in [2.24, 2.45) is 0 Å². The van der Waals surface area contributed by atoms with Crippen molar-refractivity contribution in [3.8, 4) is 57.5 Å². The summed E-state index contributed by atoms with van der Waals surface area (Å²) in [6, 6.07) is 20.6. The van der Waals surface area contributed by atoms with Gasteiger partial charge in [-0.3, -0.25) is 0 Å². The van der Waals surface area contributed by atoms with Crippen LogP contribution in [0.3, 0.4) is 0 Å². The Bertz CT molecular complexity index is 2270. The Labute approximate surface area is 404 Å². The summed E-state index contributed by atoms with van der Waals surface area (Å²) < 4.78 is 73.9. The molecule has 16 rings (SSSR count). The maximum absolute atomic E-state index is 6.73. The van der Waals surface area contributed by atoms with Crippen LogP contribution in [0.2, 0.25) is 0 Å². The lowest BCUT2D eigenvalue weighted by atomic mass is 9.94. The van der Waals surface area contributed by atoms with Crippen LogP contribution in [0, 0.1) is 0 Å². The molecule has 0 N–H and O–H groups in total. The summed E-state index contributed by atoms with van der Waals surface area (Å²) in [4.78, 5) is 0. The van der Waals surface area contributed by atoms with Gasteiger partial charge in [-0.25, -0.2) is 0 Å². The second-order valence-electron chi connectivity index (χ2n) is 16.0. The van der Waals surface area contributed by atoms with E-state index in [4.69, 9.17) is 56.8 Å². The van der Waals surface area contributed by atoms with E-state index in [2.05, 4.69) is 36.4 Å². The Kier molecular flexibility index (Phi) is 18.3. The van der Waals surface area contributed by atoms with Gasteiger partial charge in [-0.1, -0.05) is 0 Å². The summed E-state index contributed by atoms with van der Waals surface area (Å²) in [6.45, 7) is 3.50. The molecular weight excluding hydrogens is 893 g/mol. The van der Waals surface area contributed by atoms with Crippen molar-refractivity contribution >= 4 is 23.5 Å². The Balaban J connectivity index is 1.42. The van der Waals surface area contributed by atoms with Gasteiger partial charge in [-0.2, -0.15) is 23.5 Å². The van der Waals surface area contributed by atoms with E-state index in [1.54, 1.807) is 80.4 Å². The van der Waals surface area contributed by atoms with E-state index >= 15 is 0 Å². The predicted molar refractivity (Wildman–Crippen MR) is 266 cm³/mol. The first kappa shape index (κ1) is 49.6. The van der Waals surface area contributed by atoms with Crippen LogP contribution in [0.4, 0.5) is 0 Å². The number of rotatable bonds is 8. The second kappa shape index (κ2) is 24.7. The van der Waals surface area contributed by atoms with E-state index < -0.39 is 0 Å². The van der Waals surface area contributed by atoms with Crippen LogP contribution in [-0.4, -0.2) is 120 Å². The molecule has 2 aliphatic heterocycles. The highest BCUT2D eigenvalue weighted by atomic mass is 32.2. The van der Waals surface area contributed by atoms with Crippen molar-refractivity contribution in [3.05, 3.63) is 116 Å². The molecular formula is C53H64O12S2. The molecule has 12 nitrogen and oxygen atoms in total. The molecule has 0 amide bonds. The lowest BCUT2D eigenvalue weighted by molar-refractivity contribution is 0.0605. The maximum Gasteiger partial charge on any atom is 0.123 e. The molecule has 0 spiro atoms. The van der Waals surface area contributed by atoms with Crippen LogP contribution < -0.4 is 47.4 Å². The summed E-state index contributed by atoms with van der Waals surface area (Å²) in [5.41, 5.74) is 9.35. The van der Waals surface area contributed by atoms with Crippen LogP contribution >= 0.6 is 23.5 Å². The first-order valence-corrected chi connectivity index (χ1v) is 24.8. The molecule has 11 aliphatic rings. The summed E-state index contributed by atoms with van der Waals surface area (Å²) >= 11 is 3.59. The molecule has 67 heavy (non-hydrogen) atoms. The fraction of sp³-hybridized carbons (Fsp3) is 0.434. The highest BCUT2D eigenvalue weighted by Crippen LogP contribution is 2.42. The Morgan fingerprint density at radius 3 is 0.746 bits per heavy atom.